The molecule has 0 aromatic heterocycles. The number of likely N-dealkylation sites (tertiary alicyclic amines) is 2. The lowest BCUT2D eigenvalue weighted by Gasteiger charge is -2.50. The lowest BCUT2D eigenvalue weighted by atomic mass is 9.62. The predicted molar refractivity (Wildman–Crippen MR) is 234 cm³/mol. The molecule has 7 saturated carbocycles. The van der Waals surface area contributed by atoms with E-state index >= 15 is 0 Å². The van der Waals surface area contributed by atoms with Crippen molar-refractivity contribution in [3.8, 4) is 0 Å². The van der Waals surface area contributed by atoms with E-state index in [1.165, 1.54) is 103 Å². The van der Waals surface area contributed by atoms with Crippen LogP contribution >= 0.6 is 0 Å². The van der Waals surface area contributed by atoms with Crippen molar-refractivity contribution in [2.45, 2.75) is 242 Å². The van der Waals surface area contributed by atoms with Gasteiger partial charge in [0.05, 0.1) is 0 Å². The van der Waals surface area contributed by atoms with Crippen LogP contribution in [0.4, 0.5) is 0 Å². The Hall–Kier alpha value is -0.600. The Bertz CT molecular complexity index is 1350. The first-order valence-electron chi connectivity index (χ1n) is 26.6. The molecule has 0 aromatic carbocycles. The smallest absolute Gasteiger partial charge is 0.0133 e. The predicted octanol–water partition coefficient (Wildman–Crippen LogP) is 13.9. The molecule has 2 heteroatoms. The van der Waals surface area contributed by atoms with E-state index in [1.54, 1.807) is 103 Å². The highest BCUT2D eigenvalue weighted by Crippen LogP contribution is 2.59. The van der Waals surface area contributed by atoms with Crippen LogP contribution in [0.3, 0.4) is 0 Å². The fraction of sp³-hybridized carbons (Fsp3) is 0.926. The van der Waals surface area contributed by atoms with Crippen molar-refractivity contribution in [3.05, 3.63) is 24.3 Å². The van der Waals surface area contributed by atoms with Crippen LogP contribution in [0.1, 0.15) is 205 Å². The maximum Gasteiger partial charge on any atom is 0.0133 e. The Kier molecular flexibility index (Phi) is 11.7. The molecule has 312 valence electrons. The highest BCUT2D eigenvalue weighted by Gasteiger charge is 2.57. The Morgan fingerprint density at radius 3 is 1.52 bits per heavy atom. The van der Waals surface area contributed by atoms with Crippen molar-refractivity contribution in [2.24, 2.45) is 71.0 Å². The number of fused-ring (bicyclic) bond motifs is 6. The zero-order valence-corrected chi connectivity index (χ0v) is 36.2. The Morgan fingerprint density at radius 2 is 0.893 bits per heavy atom. The SMILES string of the molecule is C1=CC(C2CCC(N3C4CCCCC4C4C[C@@H](C5CCC6C(C5)C5CCCCC5N6C5CC(C6CC=CCC6)CC(C6CCCCC6)C5)CCC43)CC2)CCC1. The second kappa shape index (κ2) is 17.0. The summed E-state index contributed by atoms with van der Waals surface area (Å²) in [5.74, 6) is 12.3. The molecular formula is C54H86N2. The highest BCUT2D eigenvalue weighted by molar-refractivity contribution is 5.11. The number of hydrogen-bond donors (Lipinski definition) is 0. The zero-order chi connectivity index (χ0) is 37.0. The topological polar surface area (TPSA) is 6.48 Å². The van der Waals surface area contributed by atoms with Gasteiger partial charge in [-0.3, -0.25) is 9.80 Å². The fourth-order valence-electron chi connectivity index (χ4n) is 18.9. The summed E-state index contributed by atoms with van der Waals surface area (Å²) in [5.41, 5.74) is 0. The number of nitrogens with zero attached hydrogens (tertiary/aromatic N) is 2. The molecule has 0 amide bonds. The van der Waals surface area contributed by atoms with Crippen molar-refractivity contribution in [1.29, 1.82) is 0 Å². The number of hydrogen-bond acceptors (Lipinski definition) is 2. The van der Waals surface area contributed by atoms with Crippen LogP contribution in [0.2, 0.25) is 0 Å². The molecular weight excluding hydrogens is 677 g/mol. The second-order valence-corrected chi connectivity index (χ2v) is 23.4. The number of allylic oxidation sites excluding steroid dienone is 4. The molecule has 9 fully saturated rings. The minimum absolute atomic E-state index is 0.914. The van der Waals surface area contributed by atoms with Crippen LogP contribution in [0.15, 0.2) is 24.3 Å². The molecule has 2 aliphatic heterocycles. The molecule has 0 radical (unpaired) electrons. The first-order chi connectivity index (χ1) is 27.8. The van der Waals surface area contributed by atoms with Crippen molar-refractivity contribution < 1.29 is 0 Å². The van der Waals surface area contributed by atoms with Crippen molar-refractivity contribution in [2.75, 3.05) is 0 Å². The van der Waals surface area contributed by atoms with Crippen LogP contribution in [-0.4, -0.2) is 46.1 Å². The van der Waals surface area contributed by atoms with E-state index in [4.69, 9.17) is 0 Å². The van der Waals surface area contributed by atoms with Crippen LogP contribution in [0, 0.1) is 71.0 Å². The van der Waals surface area contributed by atoms with Gasteiger partial charge in [0, 0.05) is 36.3 Å². The average molecular weight is 763 g/mol. The Labute approximate surface area is 345 Å². The van der Waals surface area contributed by atoms with E-state index in [1.807, 2.05) is 0 Å². The van der Waals surface area contributed by atoms with Gasteiger partial charge in [-0.25, -0.2) is 0 Å². The third-order valence-corrected chi connectivity index (χ3v) is 21.2. The van der Waals surface area contributed by atoms with Gasteiger partial charge in [0.2, 0.25) is 0 Å². The lowest BCUT2D eigenvalue weighted by molar-refractivity contribution is -0.00293. The maximum absolute atomic E-state index is 3.42. The Balaban J connectivity index is 0.779. The van der Waals surface area contributed by atoms with Gasteiger partial charge < -0.3 is 0 Å². The van der Waals surface area contributed by atoms with Gasteiger partial charge in [-0.05, 0) is 219 Å². The third kappa shape index (κ3) is 7.33. The molecule has 2 saturated heterocycles. The van der Waals surface area contributed by atoms with E-state index in [-0.39, 0.29) is 0 Å². The molecule has 0 spiro atoms. The first kappa shape index (κ1) is 38.3. The summed E-state index contributed by atoms with van der Waals surface area (Å²) in [6.45, 7) is 0. The molecule has 0 bridgehead atoms. The molecule has 9 aliphatic carbocycles. The average Bonchev–Trinajstić information content (AvgIpc) is 3.79. The summed E-state index contributed by atoms with van der Waals surface area (Å²) in [4.78, 5) is 6.74. The molecule has 56 heavy (non-hydrogen) atoms. The Morgan fingerprint density at radius 1 is 0.304 bits per heavy atom. The highest BCUT2D eigenvalue weighted by atomic mass is 15.3. The molecule has 2 heterocycles. The summed E-state index contributed by atoms with van der Waals surface area (Å²) in [5, 5.41) is 0. The first-order valence-corrected chi connectivity index (χ1v) is 26.6. The summed E-state index contributed by atoms with van der Waals surface area (Å²) in [6.07, 6.45) is 59.3. The van der Waals surface area contributed by atoms with E-state index in [9.17, 15) is 0 Å². The second-order valence-electron chi connectivity index (χ2n) is 23.4. The molecule has 11 rings (SSSR count). The molecule has 2 nitrogen and oxygen atoms in total. The summed E-state index contributed by atoms with van der Waals surface area (Å²) in [6, 6.07) is 5.64. The van der Waals surface area contributed by atoms with E-state index in [2.05, 4.69) is 34.1 Å². The van der Waals surface area contributed by atoms with Gasteiger partial charge in [0.1, 0.15) is 0 Å². The van der Waals surface area contributed by atoms with Crippen LogP contribution < -0.4 is 0 Å². The summed E-state index contributed by atoms with van der Waals surface area (Å²) in [7, 11) is 0. The van der Waals surface area contributed by atoms with E-state index in [0.717, 1.165) is 107 Å². The molecule has 14 unspecified atom stereocenters. The molecule has 0 N–H and O–H groups in total. The van der Waals surface area contributed by atoms with Crippen molar-refractivity contribution in [3.63, 3.8) is 0 Å². The number of rotatable bonds is 6. The minimum Gasteiger partial charge on any atom is -0.294 e. The van der Waals surface area contributed by atoms with Crippen molar-refractivity contribution >= 4 is 0 Å². The van der Waals surface area contributed by atoms with E-state index in [0.29, 0.717) is 0 Å². The molecule has 11 aliphatic rings. The van der Waals surface area contributed by atoms with Gasteiger partial charge in [-0.2, -0.15) is 0 Å². The standard InChI is InChI=1S/C54H86N2/c1-4-14-37(15-5-1)40-24-28-45(29-25-40)55-51-22-12-10-20-47(51)49-35-41(26-30-53(49)55)42-27-31-54-50(36-42)48-21-11-13-23-52(48)56(54)46-33-43(38-16-6-2-7-17-38)32-44(34-46)39-18-8-3-9-19-39/h2,4,6,14,37-54H,1,3,5,7-13,15-36H2/t37?,38?,40?,41-,42?,43?,44?,45?,46?,47?,48?,49?,50?,51?,52?,53?,54?/m0/s1. The van der Waals surface area contributed by atoms with Gasteiger partial charge in [0.15, 0.2) is 0 Å². The van der Waals surface area contributed by atoms with Crippen molar-refractivity contribution in [1.82, 2.24) is 9.80 Å². The van der Waals surface area contributed by atoms with Gasteiger partial charge in [-0.15, -0.1) is 0 Å². The molecule has 15 atom stereocenters. The van der Waals surface area contributed by atoms with E-state index < -0.39 is 0 Å². The van der Waals surface area contributed by atoms with Crippen LogP contribution in [0.25, 0.3) is 0 Å². The normalized spacial score (nSPS) is 50.5. The summed E-state index contributed by atoms with van der Waals surface area (Å²) < 4.78 is 0. The largest absolute Gasteiger partial charge is 0.294 e. The molecule has 0 aromatic rings. The van der Waals surface area contributed by atoms with Crippen LogP contribution in [-0.2, 0) is 0 Å². The monoisotopic (exact) mass is 763 g/mol. The lowest BCUT2D eigenvalue weighted by Crippen LogP contribution is -2.51. The van der Waals surface area contributed by atoms with Gasteiger partial charge in [0.25, 0.3) is 0 Å². The minimum atomic E-state index is 0.914. The van der Waals surface area contributed by atoms with Crippen LogP contribution in [0.5, 0.6) is 0 Å². The zero-order valence-electron chi connectivity index (χ0n) is 36.2. The quantitative estimate of drug-likeness (QED) is 0.249. The maximum atomic E-state index is 3.42. The summed E-state index contributed by atoms with van der Waals surface area (Å²) >= 11 is 0. The van der Waals surface area contributed by atoms with Gasteiger partial charge in [-0.1, -0.05) is 82.1 Å². The van der Waals surface area contributed by atoms with Gasteiger partial charge >= 0.3 is 0 Å². The fourth-order valence-corrected chi connectivity index (χ4v) is 18.9. The third-order valence-electron chi connectivity index (χ3n) is 21.2.